The minimum Gasteiger partial charge on any atom is -0.435 e. The van der Waals surface area contributed by atoms with Gasteiger partial charge < -0.3 is 15.9 Å². The van der Waals surface area contributed by atoms with Gasteiger partial charge in [-0.3, -0.25) is 4.98 Å². The van der Waals surface area contributed by atoms with Crippen LogP contribution in [0.1, 0.15) is 0 Å². The number of para-hydroxylation sites is 1. The number of aromatic nitrogens is 3. The van der Waals surface area contributed by atoms with E-state index in [4.69, 9.17) is 10.5 Å². The lowest BCUT2D eigenvalue weighted by molar-refractivity contribution is 0.465. The average molecular weight is 296 g/mol. The number of fused-ring (bicyclic) bond motifs is 1. The van der Waals surface area contributed by atoms with E-state index in [-0.39, 0.29) is 5.88 Å². The number of hydrogen-bond acceptors (Lipinski definition) is 7. The second kappa shape index (κ2) is 5.82. The number of nitrogens with one attached hydrogen (secondary N) is 1. The maximum atomic E-state index is 6.06. The van der Waals surface area contributed by atoms with Gasteiger partial charge in [-0.15, -0.1) is 0 Å². The molecule has 7 nitrogen and oxygen atoms in total. The highest BCUT2D eigenvalue weighted by molar-refractivity contribution is 5.84. The maximum Gasteiger partial charge on any atom is 0.248 e. The molecule has 0 aliphatic rings. The van der Waals surface area contributed by atoms with Gasteiger partial charge in [-0.05, 0) is 12.1 Å². The number of rotatable bonds is 4. The molecule has 3 rings (SSSR count). The standard InChI is InChI=1S/C15H16N6O/c1-21(2)20-14-12(16)15(19-9-18-14)22-11-7-3-5-10-6-4-8-17-13(10)11/h3-9H,16H2,1-2H3,(H,18,19,20). The molecule has 7 heteroatoms. The van der Waals surface area contributed by atoms with Crippen LogP contribution in [0.3, 0.4) is 0 Å². The van der Waals surface area contributed by atoms with E-state index in [0.717, 1.165) is 10.9 Å². The summed E-state index contributed by atoms with van der Waals surface area (Å²) in [6, 6.07) is 9.55. The molecular weight excluding hydrogens is 280 g/mol. The largest absolute Gasteiger partial charge is 0.435 e. The summed E-state index contributed by atoms with van der Waals surface area (Å²) in [5.74, 6) is 1.38. The molecule has 0 radical (unpaired) electrons. The van der Waals surface area contributed by atoms with Crippen LogP contribution in [0.15, 0.2) is 42.9 Å². The van der Waals surface area contributed by atoms with Gasteiger partial charge in [0, 0.05) is 25.7 Å². The summed E-state index contributed by atoms with van der Waals surface area (Å²) in [5, 5.41) is 2.72. The van der Waals surface area contributed by atoms with Crippen molar-refractivity contribution in [3.8, 4) is 11.6 Å². The van der Waals surface area contributed by atoms with Crippen molar-refractivity contribution in [2.24, 2.45) is 0 Å². The fourth-order valence-corrected chi connectivity index (χ4v) is 2.02. The molecule has 2 aromatic heterocycles. The third-order valence-corrected chi connectivity index (χ3v) is 2.98. The van der Waals surface area contributed by atoms with E-state index in [2.05, 4.69) is 20.4 Å². The molecule has 3 N–H and O–H groups in total. The third-order valence-electron chi connectivity index (χ3n) is 2.98. The second-order valence-corrected chi connectivity index (χ2v) is 4.88. The van der Waals surface area contributed by atoms with Gasteiger partial charge >= 0.3 is 0 Å². The maximum absolute atomic E-state index is 6.06. The summed E-state index contributed by atoms with van der Waals surface area (Å²) in [6.45, 7) is 0. The Morgan fingerprint density at radius 3 is 2.73 bits per heavy atom. The Morgan fingerprint density at radius 2 is 1.91 bits per heavy atom. The van der Waals surface area contributed by atoms with E-state index in [9.17, 15) is 0 Å². The molecule has 0 bridgehead atoms. The van der Waals surface area contributed by atoms with Crippen LogP contribution in [0.4, 0.5) is 11.5 Å². The van der Waals surface area contributed by atoms with Crippen LogP contribution in [0, 0.1) is 0 Å². The first kappa shape index (κ1) is 14.0. The predicted octanol–water partition coefficient (Wildman–Crippen LogP) is 2.29. The van der Waals surface area contributed by atoms with Crippen LogP contribution in [0.2, 0.25) is 0 Å². The molecule has 0 saturated carbocycles. The summed E-state index contributed by atoms with van der Waals surface area (Å²) in [4.78, 5) is 12.5. The van der Waals surface area contributed by atoms with E-state index in [1.807, 2.05) is 44.4 Å². The highest BCUT2D eigenvalue weighted by Crippen LogP contribution is 2.32. The number of nitrogen functional groups attached to an aromatic ring is 1. The minimum absolute atomic E-state index is 0.289. The summed E-state index contributed by atoms with van der Waals surface area (Å²) in [6.07, 6.45) is 3.12. The van der Waals surface area contributed by atoms with Gasteiger partial charge in [0.25, 0.3) is 0 Å². The number of benzene rings is 1. The predicted molar refractivity (Wildman–Crippen MR) is 85.6 cm³/mol. The molecule has 0 spiro atoms. The number of hydrazine groups is 1. The SMILES string of the molecule is CN(C)Nc1ncnc(Oc2cccc3cccnc23)c1N. The summed E-state index contributed by atoms with van der Waals surface area (Å²) >= 11 is 0. The molecule has 0 atom stereocenters. The molecule has 1 aromatic carbocycles. The van der Waals surface area contributed by atoms with Crippen molar-refractivity contribution in [1.82, 2.24) is 20.0 Å². The molecule has 0 fully saturated rings. The lowest BCUT2D eigenvalue weighted by atomic mass is 10.2. The van der Waals surface area contributed by atoms with Gasteiger partial charge in [-0.2, -0.15) is 4.98 Å². The molecule has 0 aliphatic heterocycles. The number of ether oxygens (including phenoxy) is 1. The van der Waals surface area contributed by atoms with Crippen molar-refractivity contribution in [1.29, 1.82) is 0 Å². The number of anilines is 2. The molecule has 0 unspecified atom stereocenters. The van der Waals surface area contributed by atoms with E-state index in [0.29, 0.717) is 17.3 Å². The van der Waals surface area contributed by atoms with Crippen LogP contribution in [-0.4, -0.2) is 34.1 Å². The minimum atomic E-state index is 0.289. The van der Waals surface area contributed by atoms with Crippen molar-refractivity contribution in [2.75, 3.05) is 25.3 Å². The fourth-order valence-electron chi connectivity index (χ4n) is 2.02. The lowest BCUT2D eigenvalue weighted by Crippen LogP contribution is -2.21. The van der Waals surface area contributed by atoms with Gasteiger partial charge in [-0.25, -0.2) is 9.99 Å². The topological polar surface area (TPSA) is 89.2 Å². The number of nitrogens with zero attached hydrogens (tertiary/aromatic N) is 4. The van der Waals surface area contributed by atoms with Gasteiger partial charge in [0.05, 0.1) is 0 Å². The third kappa shape index (κ3) is 2.75. The normalized spacial score (nSPS) is 10.9. The van der Waals surface area contributed by atoms with Crippen LogP contribution >= 0.6 is 0 Å². The Bertz CT molecular complexity index is 800. The first-order valence-corrected chi connectivity index (χ1v) is 6.71. The Balaban J connectivity index is 1.99. The van der Waals surface area contributed by atoms with Gasteiger partial charge in [0.15, 0.2) is 11.6 Å². The summed E-state index contributed by atoms with van der Waals surface area (Å²) in [5.41, 5.74) is 10.2. The van der Waals surface area contributed by atoms with Crippen LogP contribution in [0.25, 0.3) is 10.9 Å². The van der Waals surface area contributed by atoms with E-state index < -0.39 is 0 Å². The highest BCUT2D eigenvalue weighted by atomic mass is 16.5. The molecule has 22 heavy (non-hydrogen) atoms. The average Bonchev–Trinajstić information content (AvgIpc) is 2.51. The van der Waals surface area contributed by atoms with Crippen molar-refractivity contribution >= 4 is 22.4 Å². The molecule has 0 saturated heterocycles. The molecule has 0 amide bonds. The van der Waals surface area contributed by atoms with Crippen LogP contribution in [0.5, 0.6) is 11.6 Å². The van der Waals surface area contributed by atoms with Gasteiger partial charge in [0.2, 0.25) is 5.88 Å². The van der Waals surface area contributed by atoms with E-state index in [1.54, 1.807) is 11.2 Å². The number of hydrogen-bond donors (Lipinski definition) is 2. The zero-order valence-corrected chi connectivity index (χ0v) is 12.3. The molecular formula is C15H16N6O. The Morgan fingerprint density at radius 1 is 1.09 bits per heavy atom. The van der Waals surface area contributed by atoms with Gasteiger partial charge in [-0.1, -0.05) is 18.2 Å². The zero-order valence-electron chi connectivity index (χ0n) is 12.3. The molecule has 0 aliphatic carbocycles. The van der Waals surface area contributed by atoms with Gasteiger partial charge in [0.1, 0.15) is 17.5 Å². The van der Waals surface area contributed by atoms with E-state index >= 15 is 0 Å². The molecule has 2 heterocycles. The van der Waals surface area contributed by atoms with Crippen molar-refractivity contribution in [2.45, 2.75) is 0 Å². The summed E-state index contributed by atoms with van der Waals surface area (Å²) in [7, 11) is 3.69. The Labute approximate surface area is 127 Å². The number of pyridine rings is 1. The smallest absolute Gasteiger partial charge is 0.248 e. The Hall–Kier alpha value is -2.93. The lowest BCUT2D eigenvalue weighted by Gasteiger charge is -2.15. The molecule has 3 aromatic rings. The second-order valence-electron chi connectivity index (χ2n) is 4.88. The first-order valence-electron chi connectivity index (χ1n) is 6.71. The zero-order chi connectivity index (χ0) is 15.5. The van der Waals surface area contributed by atoms with Crippen molar-refractivity contribution in [3.63, 3.8) is 0 Å². The Kier molecular flexibility index (Phi) is 3.71. The van der Waals surface area contributed by atoms with Crippen LogP contribution in [-0.2, 0) is 0 Å². The quantitative estimate of drug-likeness (QED) is 0.714. The van der Waals surface area contributed by atoms with Crippen LogP contribution < -0.4 is 15.9 Å². The van der Waals surface area contributed by atoms with E-state index in [1.165, 1.54) is 6.33 Å². The fraction of sp³-hybridized carbons (Fsp3) is 0.133. The monoisotopic (exact) mass is 296 g/mol. The van der Waals surface area contributed by atoms with Crippen molar-refractivity contribution in [3.05, 3.63) is 42.9 Å². The highest BCUT2D eigenvalue weighted by Gasteiger charge is 2.12. The summed E-state index contributed by atoms with van der Waals surface area (Å²) < 4.78 is 5.85. The number of nitrogens with two attached hydrogens (primary N) is 1. The first-order chi connectivity index (χ1) is 10.6. The molecule has 112 valence electrons. The van der Waals surface area contributed by atoms with Crippen molar-refractivity contribution < 1.29 is 4.74 Å².